The van der Waals surface area contributed by atoms with Crippen LogP contribution in [0.5, 0.6) is 0 Å². The number of nitrogens with one attached hydrogen (secondary N) is 1. The molecule has 17 heavy (non-hydrogen) atoms. The maximum atomic E-state index is 4.59. The monoisotopic (exact) mass is 244 g/mol. The highest BCUT2D eigenvalue weighted by Crippen LogP contribution is 2.29. The van der Waals surface area contributed by atoms with Gasteiger partial charge in [-0.05, 0) is 18.6 Å². The highest BCUT2D eigenvalue weighted by atomic mass is 32.1. The molecule has 3 aromatic rings. The lowest BCUT2D eigenvalue weighted by atomic mass is 10.2. The van der Waals surface area contributed by atoms with E-state index in [9.17, 15) is 0 Å². The van der Waals surface area contributed by atoms with E-state index in [1.54, 1.807) is 22.2 Å². The highest BCUT2D eigenvalue weighted by Gasteiger charge is 2.06. The summed E-state index contributed by atoms with van der Waals surface area (Å²) in [5.41, 5.74) is 3.24. The zero-order valence-corrected chi connectivity index (χ0v) is 10.5. The van der Waals surface area contributed by atoms with Crippen LogP contribution in [0, 0.1) is 6.92 Å². The van der Waals surface area contributed by atoms with Crippen LogP contribution in [0.4, 0.5) is 10.8 Å². The van der Waals surface area contributed by atoms with Gasteiger partial charge in [-0.2, -0.15) is 5.10 Å². The molecule has 1 N–H and O–H groups in total. The first-order chi connectivity index (χ1) is 8.22. The number of anilines is 2. The maximum absolute atomic E-state index is 4.59. The topological polar surface area (TPSA) is 42.7 Å². The zero-order chi connectivity index (χ0) is 11.8. The molecule has 0 saturated carbocycles. The number of fused-ring (bicyclic) bond motifs is 1. The van der Waals surface area contributed by atoms with Crippen LogP contribution in [0.2, 0.25) is 0 Å². The zero-order valence-electron chi connectivity index (χ0n) is 9.64. The van der Waals surface area contributed by atoms with Crippen LogP contribution < -0.4 is 5.32 Å². The second-order valence-electron chi connectivity index (χ2n) is 3.97. The minimum absolute atomic E-state index is 0.905. The molecule has 86 valence electrons. The summed E-state index contributed by atoms with van der Waals surface area (Å²) in [6, 6.07) is 6.23. The Morgan fingerprint density at radius 1 is 1.35 bits per heavy atom. The molecule has 0 atom stereocenters. The van der Waals surface area contributed by atoms with Gasteiger partial charge in [0.1, 0.15) is 0 Å². The van der Waals surface area contributed by atoms with Crippen molar-refractivity contribution in [1.82, 2.24) is 14.8 Å². The van der Waals surface area contributed by atoms with Crippen molar-refractivity contribution in [3.05, 3.63) is 36.2 Å². The van der Waals surface area contributed by atoms with E-state index in [1.165, 1.54) is 10.3 Å². The summed E-state index contributed by atoms with van der Waals surface area (Å²) < 4.78 is 2.97. The van der Waals surface area contributed by atoms with Crippen LogP contribution in [0.1, 0.15) is 5.56 Å². The fraction of sp³-hybridized carbons (Fsp3) is 0.167. The predicted molar refractivity (Wildman–Crippen MR) is 70.8 cm³/mol. The van der Waals surface area contributed by atoms with Crippen molar-refractivity contribution >= 4 is 32.4 Å². The summed E-state index contributed by atoms with van der Waals surface area (Å²) in [5.74, 6) is 0. The highest BCUT2D eigenvalue weighted by molar-refractivity contribution is 7.22. The van der Waals surface area contributed by atoms with E-state index in [0.717, 1.165) is 16.3 Å². The van der Waals surface area contributed by atoms with Gasteiger partial charge >= 0.3 is 0 Å². The van der Waals surface area contributed by atoms with Gasteiger partial charge in [0.05, 0.1) is 22.1 Å². The Morgan fingerprint density at radius 3 is 2.94 bits per heavy atom. The van der Waals surface area contributed by atoms with Crippen LogP contribution in [-0.2, 0) is 7.05 Å². The quantitative estimate of drug-likeness (QED) is 0.753. The minimum Gasteiger partial charge on any atom is -0.329 e. The molecule has 5 heteroatoms. The van der Waals surface area contributed by atoms with Crippen molar-refractivity contribution in [3.8, 4) is 0 Å². The largest absolute Gasteiger partial charge is 0.329 e. The van der Waals surface area contributed by atoms with E-state index >= 15 is 0 Å². The Bertz CT molecular complexity index is 668. The van der Waals surface area contributed by atoms with Gasteiger partial charge < -0.3 is 5.32 Å². The normalized spacial score (nSPS) is 10.9. The summed E-state index contributed by atoms with van der Waals surface area (Å²) in [6.07, 6.45) is 3.72. The summed E-state index contributed by atoms with van der Waals surface area (Å²) >= 11 is 1.66. The number of hydrogen-bond acceptors (Lipinski definition) is 4. The van der Waals surface area contributed by atoms with E-state index in [2.05, 4.69) is 40.5 Å². The van der Waals surface area contributed by atoms with Gasteiger partial charge in [0.15, 0.2) is 5.13 Å². The number of thiazole rings is 1. The number of aromatic nitrogens is 3. The average molecular weight is 244 g/mol. The van der Waals surface area contributed by atoms with Crippen molar-refractivity contribution in [1.29, 1.82) is 0 Å². The molecule has 0 bridgehead atoms. The molecule has 0 spiro atoms. The minimum atomic E-state index is 0.905. The first kappa shape index (κ1) is 10.3. The Labute approximate surface area is 103 Å². The van der Waals surface area contributed by atoms with E-state index < -0.39 is 0 Å². The van der Waals surface area contributed by atoms with Gasteiger partial charge in [0.2, 0.25) is 0 Å². The number of nitrogens with zero attached hydrogens (tertiary/aromatic N) is 3. The Hall–Kier alpha value is -1.88. The molecule has 4 nitrogen and oxygen atoms in total. The fourth-order valence-electron chi connectivity index (χ4n) is 1.75. The van der Waals surface area contributed by atoms with E-state index in [4.69, 9.17) is 0 Å². The molecule has 0 aliphatic heterocycles. The maximum Gasteiger partial charge on any atom is 0.188 e. The lowest BCUT2D eigenvalue weighted by Crippen LogP contribution is -1.87. The summed E-state index contributed by atoms with van der Waals surface area (Å²) in [5, 5.41) is 8.29. The molecule has 0 fully saturated rings. The molecule has 1 aromatic carbocycles. The SMILES string of the molecule is Cc1cccc2sc(Nc3cnn(C)c3)nc12. The Balaban J connectivity index is 1.98. The number of hydrogen-bond donors (Lipinski definition) is 1. The molecule has 0 radical (unpaired) electrons. The van der Waals surface area contributed by atoms with Crippen molar-refractivity contribution < 1.29 is 0 Å². The third-order valence-electron chi connectivity index (χ3n) is 2.58. The third kappa shape index (κ3) is 1.89. The Kier molecular flexibility index (Phi) is 2.33. The predicted octanol–water partition coefficient (Wildman–Crippen LogP) is 3.08. The molecule has 0 amide bonds. The molecule has 2 heterocycles. The summed E-state index contributed by atoms with van der Waals surface area (Å²) in [4.78, 5) is 4.59. The third-order valence-corrected chi connectivity index (χ3v) is 3.51. The van der Waals surface area contributed by atoms with E-state index in [0.29, 0.717) is 0 Å². The Morgan fingerprint density at radius 2 is 2.24 bits per heavy atom. The summed E-state index contributed by atoms with van der Waals surface area (Å²) in [6.45, 7) is 2.08. The van der Waals surface area contributed by atoms with Gasteiger partial charge in [0, 0.05) is 13.2 Å². The van der Waals surface area contributed by atoms with Gasteiger partial charge in [-0.1, -0.05) is 23.5 Å². The van der Waals surface area contributed by atoms with Gasteiger partial charge in [-0.25, -0.2) is 4.98 Å². The molecule has 2 aromatic heterocycles. The fourth-order valence-corrected chi connectivity index (χ4v) is 2.71. The van der Waals surface area contributed by atoms with E-state index in [1.807, 2.05) is 13.2 Å². The smallest absolute Gasteiger partial charge is 0.188 e. The lowest BCUT2D eigenvalue weighted by Gasteiger charge is -1.95. The van der Waals surface area contributed by atoms with Crippen LogP contribution in [0.15, 0.2) is 30.6 Å². The number of benzene rings is 1. The van der Waals surface area contributed by atoms with Gasteiger partial charge in [0.25, 0.3) is 0 Å². The van der Waals surface area contributed by atoms with E-state index in [-0.39, 0.29) is 0 Å². The van der Waals surface area contributed by atoms with Crippen molar-refractivity contribution in [2.45, 2.75) is 6.92 Å². The van der Waals surface area contributed by atoms with Gasteiger partial charge in [-0.3, -0.25) is 4.68 Å². The van der Waals surface area contributed by atoms with Gasteiger partial charge in [-0.15, -0.1) is 0 Å². The molecule has 0 aliphatic rings. The molecular formula is C12H12N4S. The van der Waals surface area contributed by atoms with Crippen molar-refractivity contribution in [2.75, 3.05) is 5.32 Å². The second kappa shape index (κ2) is 3.85. The molecule has 0 unspecified atom stereocenters. The number of para-hydroxylation sites is 1. The van der Waals surface area contributed by atoms with Crippen LogP contribution in [-0.4, -0.2) is 14.8 Å². The molecule has 0 saturated heterocycles. The van der Waals surface area contributed by atoms with Crippen molar-refractivity contribution in [3.63, 3.8) is 0 Å². The van der Waals surface area contributed by atoms with Crippen LogP contribution in [0.3, 0.4) is 0 Å². The molecule has 0 aliphatic carbocycles. The first-order valence-electron chi connectivity index (χ1n) is 5.34. The number of rotatable bonds is 2. The standard InChI is InChI=1S/C12H12N4S/c1-8-4-3-5-10-11(8)15-12(17-10)14-9-6-13-16(2)7-9/h3-7H,1-2H3,(H,14,15). The lowest BCUT2D eigenvalue weighted by molar-refractivity contribution is 0.768. The second-order valence-corrected chi connectivity index (χ2v) is 5.00. The first-order valence-corrected chi connectivity index (χ1v) is 6.16. The summed E-state index contributed by atoms with van der Waals surface area (Å²) in [7, 11) is 1.90. The molecular weight excluding hydrogens is 232 g/mol. The van der Waals surface area contributed by atoms with Crippen LogP contribution >= 0.6 is 11.3 Å². The molecule has 3 rings (SSSR count). The number of aryl methyl sites for hydroxylation is 2. The van der Waals surface area contributed by atoms with Crippen molar-refractivity contribution in [2.24, 2.45) is 7.05 Å². The average Bonchev–Trinajstić information content (AvgIpc) is 2.86. The van der Waals surface area contributed by atoms with Crippen LogP contribution in [0.25, 0.3) is 10.2 Å².